The molecular weight excluding hydrogens is 387 g/mol. The lowest BCUT2D eigenvalue weighted by Gasteiger charge is -2.31. The first kappa shape index (κ1) is 20.8. The van der Waals surface area contributed by atoms with Crippen LogP contribution < -0.4 is 10.6 Å². The number of nitrogens with zero attached hydrogens (tertiary/aromatic N) is 3. The second kappa shape index (κ2) is 9.08. The van der Waals surface area contributed by atoms with Crippen LogP contribution in [0.4, 0.5) is 18.9 Å². The highest BCUT2D eigenvalue weighted by atomic mass is 19.4. The fourth-order valence-electron chi connectivity index (χ4n) is 3.18. The van der Waals surface area contributed by atoms with Gasteiger partial charge in [0.25, 0.3) is 0 Å². The molecule has 1 fully saturated rings. The summed E-state index contributed by atoms with van der Waals surface area (Å²) in [5.41, 5.74) is -0.278. The summed E-state index contributed by atoms with van der Waals surface area (Å²) < 4.78 is 38.6. The molecule has 0 radical (unpaired) electrons. The van der Waals surface area contributed by atoms with Gasteiger partial charge in [0, 0.05) is 31.0 Å². The van der Waals surface area contributed by atoms with Crippen LogP contribution in [0.5, 0.6) is 0 Å². The molecule has 0 spiro atoms. The molecule has 1 aliphatic rings. The number of alkyl halides is 3. The highest BCUT2D eigenvalue weighted by Gasteiger charge is 2.33. The van der Waals surface area contributed by atoms with E-state index < -0.39 is 11.9 Å². The third kappa shape index (κ3) is 6.31. The molecule has 0 saturated carbocycles. The summed E-state index contributed by atoms with van der Waals surface area (Å²) in [6, 6.07) is 9.96. The van der Waals surface area contributed by atoms with Gasteiger partial charge in [-0.3, -0.25) is 19.2 Å². The number of anilines is 1. The molecule has 0 unspecified atom stereocenters. The van der Waals surface area contributed by atoms with E-state index >= 15 is 0 Å². The highest BCUT2D eigenvalue weighted by Crippen LogP contribution is 2.27. The monoisotopic (exact) mass is 409 g/mol. The van der Waals surface area contributed by atoms with Gasteiger partial charge in [0.2, 0.25) is 11.8 Å². The first-order valence-corrected chi connectivity index (χ1v) is 9.27. The number of nitrogens with one attached hydrogen (secondary N) is 2. The predicted octanol–water partition coefficient (Wildman–Crippen LogP) is 2.12. The maximum absolute atomic E-state index is 12.6. The number of carbonyl (C=O) groups excluding carboxylic acids is 2. The number of piperidine rings is 1. The van der Waals surface area contributed by atoms with Gasteiger partial charge in [-0.05, 0) is 31.0 Å². The third-order valence-electron chi connectivity index (χ3n) is 4.61. The average Bonchev–Trinajstić information content (AvgIpc) is 3.13. The number of hydrogen-bond donors (Lipinski definition) is 2. The highest BCUT2D eigenvalue weighted by molar-refractivity contribution is 5.92. The van der Waals surface area contributed by atoms with Crippen LogP contribution >= 0.6 is 0 Å². The van der Waals surface area contributed by atoms with Crippen molar-refractivity contribution in [2.45, 2.75) is 31.6 Å². The lowest BCUT2D eigenvalue weighted by Crippen LogP contribution is -2.47. The molecule has 1 aromatic carbocycles. The maximum Gasteiger partial charge on any atom is 0.435 e. The number of benzene rings is 1. The van der Waals surface area contributed by atoms with Gasteiger partial charge < -0.3 is 10.6 Å². The minimum Gasteiger partial charge on any atom is -0.352 e. The zero-order valence-electron chi connectivity index (χ0n) is 15.7. The van der Waals surface area contributed by atoms with Crippen molar-refractivity contribution in [3.63, 3.8) is 0 Å². The lowest BCUT2D eigenvalue weighted by atomic mass is 10.0. The van der Waals surface area contributed by atoms with Crippen molar-refractivity contribution >= 4 is 17.5 Å². The van der Waals surface area contributed by atoms with Crippen molar-refractivity contribution in [2.24, 2.45) is 0 Å². The van der Waals surface area contributed by atoms with Crippen molar-refractivity contribution in [1.82, 2.24) is 20.0 Å². The van der Waals surface area contributed by atoms with E-state index in [0.717, 1.165) is 22.6 Å². The molecule has 2 amide bonds. The van der Waals surface area contributed by atoms with Crippen molar-refractivity contribution in [3.8, 4) is 0 Å². The number of carbonyl (C=O) groups is 2. The van der Waals surface area contributed by atoms with Crippen LogP contribution in [-0.2, 0) is 22.3 Å². The number of likely N-dealkylation sites (tertiary alicyclic amines) is 1. The van der Waals surface area contributed by atoms with Gasteiger partial charge in [0.15, 0.2) is 5.69 Å². The van der Waals surface area contributed by atoms with Crippen LogP contribution in [0.2, 0.25) is 0 Å². The molecule has 10 heteroatoms. The van der Waals surface area contributed by atoms with Crippen molar-refractivity contribution in [3.05, 3.63) is 48.3 Å². The topological polar surface area (TPSA) is 79.3 Å². The van der Waals surface area contributed by atoms with Gasteiger partial charge in [0.1, 0.15) is 6.54 Å². The molecule has 1 aromatic heterocycles. The molecule has 3 rings (SSSR count). The van der Waals surface area contributed by atoms with Gasteiger partial charge >= 0.3 is 6.18 Å². The van der Waals surface area contributed by atoms with E-state index in [1.165, 1.54) is 0 Å². The van der Waals surface area contributed by atoms with Crippen molar-refractivity contribution in [1.29, 1.82) is 0 Å². The molecule has 2 aromatic rings. The van der Waals surface area contributed by atoms with E-state index in [4.69, 9.17) is 0 Å². The van der Waals surface area contributed by atoms with Gasteiger partial charge in [-0.25, -0.2) is 0 Å². The minimum atomic E-state index is -4.53. The smallest absolute Gasteiger partial charge is 0.352 e. The van der Waals surface area contributed by atoms with Crippen molar-refractivity contribution in [2.75, 3.05) is 25.0 Å². The normalized spacial score (nSPS) is 15.8. The molecule has 156 valence electrons. The fourth-order valence-corrected chi connectivity index (χ4v) is 3.18. The predicted molar refractivity (Wildman–Crippen MR) is 99.9 cm³/mol. The van der Waals surface area contributed by atoms with Crippen LogP contribution in [-0.4, -0.2) is 52.2 Å². The number of hydrogen-bond acceptors (Lipinski definition) is 4. The number of rotatable bonds is 6. The Morgan fingerprint density at radius 2 is 1.72 bits per heavy atom. The first-order chi connectivity index (χ1) is 13.8. The summed E-state index contributed by atoms with van der Waals surface area (Å²) in [5.74, 6) is -0.486. The van der Waals surface area contributed by atoms with E-state index in [1.54, 1.807) is 0 Å². The summed E-state index contributed by atoms with van der Waals surface area (Å²) in [6.45, 7) is 1.29. The SMILES string of the molecule is O=C(CN1CCC(NC(=O)Cn2ccc(C(F)(F)F)n2)CC1)Nc1ccccc1. The zero-order chi connectivity index (χ0) is 20.9. The first-order valence-electron chi connectivity index (χ1n) is 9.27. The second-order valence-corrected chi connectivity index (χ2v) is 6.93. The molecule has 29 heavy (non-hydrogen) atoms. The molecule has 2 N–H and O–H groups in total. The average molecular weight is 409 g/mol. The van der Waals surface area contributed by atoms with E-state index in [9.17, 15) is 22.8 Å². The Labute approximate surface area is 165 Å². The number of halogens is 3. The fraction of sp³-hybridized carbons (Fsp3) is 0.421. The van der Waals surface area contributed by atoms with Crippen LogP contribution in [0.15, 0.2) is 42.6 Å². The molecule has 1 aliphatic heterocycles. The Bertz CT molecular complexity index is 830. The molecule has 1 saturated heterocycles. The molecule has 2 heterocycles. The molecular formula is C19H22F3N5O2. The van der Waals surface area contributed by atoms with E-state index in [2.05, 4.69) is 15.7 Å². The summed E-state index contributed by atoms with van der Waals surface area (Å²) >= 11 is 0. The maximum atomic E-state index is 12.6. The van der Waals surface area contributed by atoms with Gasteiger partial charge in [-0.15, -0.1) is 0 Å². The van der Waals surface area contributed by atoms with E-state index in [-0.39, 0.29) is 30.9 Å². The third-order valence-corrected chi connectivity index (χ3v) is 4.61. The van der Waals surface area contributed by atoms with Crippen LogP contribution in [0, 0.1) is 0 Å². The van der Waals surface area contributed by atoms with Crippen LogP contribution in [0.25, 0.3) is 0 Å². The van der Waals surface area contributed by atoms with Gasteiger partial charge in [-0.1, -0.05) is 18.2 Å². The Morgan fingerprint density at radius 1 is 1.03 bits per heavy atom. The second-order valence-electron chi connectivity index (χ2n) is 6.93. The largest absolute Gasteiger partial charge is 0.435 e. The molecule has 0 atom stereocenters. The standard InChI is InChI=1S/C19H22F3N5O2/c20-19(21,22)16-8-11-27(25-16)13-18(29)24-15-6-9-26(10-7-15)12-17(28)23-14-4-2-1-3-5-14/h1-5,8,11,15H,6-7,9-10,12-13H2,(H,23,28)(H,24,29). The Kier molecular flexibility index (Phi) is 6.53. The summed E-state index contributed by atoms with van der Waals surface area (Å²) in [4.78, 5) is 26.2. The quantitative estimate of drug-likeness (QED) is 0.766. The summed E-state index contributed by atoms with van der Waals surface area (Å²) in [6.07, 6.45) is -2.06. The van der Waals surface area contributed by atoms with Crippen molar-refractivity contribution < 1.29 is 22.8 Å². The lowest BCUT2D eigenvalue weighted by molar-refractivity contribution is -0.141. The van der Waals surface area contributed by atoms with Crippen LogP contribution in [0.1, 0.15) is 18.5 Å². The van der Waals surface area contributed by atoms with Gasteiger partial charge in [0.05, 0.1) is 6.54 Å². The minimum absolute atomic E-state index is 0.0754. The van der Waals surface area contributed by atoms with E-state index in [1.807, 2.05) is 35.2 Å². The Morgan fingerprint density at radius 3 is 2.34 bits per heavy atom. The molecule has 7 nitrogen and oxygen atoms in total. The van der Waals surface area contributed by atoms with E-state index in [0.29, 0.717) is 25.9 Å². The number of para-hydroxylation sites is 1. The molecule has 0 bridgehead atoms. The summed E-state index contributed by atoms with van der Waals surface area (Å²) in [5, 5.41) is 9.03. The van der Waals surface area contributed by atoms with Gasteiger partial charge in [-0.2, -0.15) is 18.3 Å². The number of amides is 2. The Hall–Kier alpha value is -2.88. The zero-order valence-corrected chi connectivity index (χ0v) is 15.7. The Balaban J connectivity index is 1.38. The number of aromatic nitrogens is 2. The summed E-state index contributed by atoms with van der Waals surface area (Å²) in [7, 11) is 0. The molecule has 0 aliphatic carbocycles. The van der Waals surface area contributed by atoms with Crippen LogP contribution in [0.3, 0.4) is 0 Å².